The third-order valence-electron chi connectivity index (χ3n) is 11.1. The number of carbonyl (C=O) groups excluding carboxylic acids is 5. The second-order valence-electron chi connectivity index (χ2n) is 17.3. The van der Waals surface area contributed by atoms with Crippen molar-refractivity contribution in [3.05, 3.63) is 59.9 Å². The van der Waals surface area contributed by atoms with Gasteiger partial charge < -0.3 is 77.1 Å². The van der Waals surface area contributed by atoms with E-state index in [9.17, 15) is 14.7 Å². The molecule has 80 heavy (non-hydrogen) atoms. The maximum atomic E-state index is 12.5. The van der Waals surface area contributed by atoms with Crippen molar-refractivity contribution in [2.24, 2.45) is 0 Å². The smallest absolute Gasteiger partial charge is 0.373 e. The average molecular weight is 1140 g/mol. The molecule has 1 amide bonds. The van der Waals surface area contributed by atoms with Gasteiger partial charge in [0.15, 0.2) is 5.82 Å². The lowest BCUT2D eigenvalue weighted by atomic mass is 10.0. The molecule has 2 N–H and O–H groups in total. The first-order chi connectivity index (χ1) is 39.1. The standard InChI is InChI=1S/C51H82N8O15.2CO2/c1-43-53-55-51(56-54-43)45-6-10-48(11-7-45)74-39-38-73-37-36-72-35-34-71-33-32-70-31-30-69-29-28-68-27-26-67-25-24-66-23-22-65-21-20-64-19-18-63-17-12-49(60)52-46-8-4-44(5-9-46)40-47-41-58(3)14-13-57(2)15-16-59(47)42-50(61)62;2*2-1-3/h4-11,47H,12-42H2,1-3H3,(H,52,60)(H,61,62);;. The van der Waals surface area contributed by atoms with Crippen molar-refractivity contribution in [2.45, 2.75) is 25.8 Å². The molecule has 0 radical (unpaired) electrons. The summed E-state index contributed by atoms with van der Waals surface area (Å²) in [6.45, 7) is 16.3. The van der Waals surface area contributed by atoms with E-state index < -0.39 is 5.97 Å². The van der Waals surface area contributed by atoms with Gasteiger partial charge in [-0.2, -0.15) is 19.2 Å². The minimum absolute atomic E-state index is 0.00896. The number of nitrogens with zero attached hydrogens (tertiary/aromatic N) is 7. The molecular weight excluding hydrogens is 1050 g/mol. The Bertz CT molecular complexity index is 2040. The number of carboxylic acid groups (broad SMARTS) is 1. The Morgan fingerprint density at radius 3 is 1.31 bits per heavy atom. The number of aryl methyl sites for hydroxylation is 1. The summed E-state index contributed by atoms with van der Waals surface area (Å²) < 4.78 is 66.6. The van der Waals surface area contributed by atoms with Crippen LogP contribution in [0.1, 0.15) is 17.8 Å². The minimum Gasteiger partial charge on any atom is -0.491 e. The monoisotopic (exact) mass is 1130 g/mol. The largest absolute Gasteiger partial charge is 0.491 e. The molecule has 1 aromatic heterocycles. The highest BCUT2D eigenvalue weighted by Crippen LogP contribution is 2.19. The molecule has 0 saturated carbocycles. The number of aromatic nitrogens is 4. The molecule has 1 unspecified atom stereocenters. The van der Waals surface area contributed by atoms with Crippen molar-refractivity contribution in [2.75, 3.05) is 211 Å². The number of likely N-dealkylation sites (N-methyl/N-ethyl adjacent to an activating group) is 2. The fraction of sp³-hybridized carbons (Fsp3) is 0.660. The highest BCUT2D eigenvalue weighted by atomic mass is 16.6. The van der Waals surface area contributed by atoms with E-state index in [2.05, 4.69) is 54.5 Å². The highest BCUT2D eigenvalue weighted by Gasteiger charge is 2.25. The van der Waals surface area contributed by atoms with Crippen LogP contribution in [0.15, 0.2) is 48.5 Å². The SMILES string of the molecule is Cc1nnc(-c2ccc(OCCOCCOCCOCCOCCOCCOCCOCCOCCOCCOCCOCCC(=O)Nc3ccc(CC4CN(C)CCN(C)CCN4CC(=O)O)cc3)cc2)nn1.O=C=O.O=C=O. The van der Waals surface area contributed by atoms with Crippen LogP contribution in [0, 0.1) is 6.92 Å². The number of carbonyl (C=O) groups is 2. The highest BCUT2D eigenvalue weighted by molar-refractivity contribution is 5.90. The number of anilines is 1. The molecule has 4 rings (SSSR count). The van der Waals surface area contributed by atoms with Crippen LogP contribution < -0.4 is 10.1 Å². The zero-order chi connectivity index (χ0) is 57.9. The summed E-state index contributed by atoms with van der Waals surface area (Å²) in [4.78, 5) is 63.2. The summed E-state index contributed by atoms with van der Waals surface area (Å²) in [7, 11) is 4.15. The number of hydrogen-bond acceptors (Lipinski definition) is 25. The number of hydrogen-bond donors (Lipinski definition) is 2. The first-order valence-corrected chi connectivity index (χ1v) is 26.4. The third-order valence-corrected chi connectivity index (χ3v) is 11.1. The van der Waals surface area contributed by atoms with E-state index in [1.165, 1.54) is 0 Å². The molecule has 0 spiro atoms. The summed E-state index contributed by atoms with van der Waals surface area (Å²) in [6, 6.07) is 15.2. The molecule has 27 heteroatoms. The zero-order valence-corrected chi connectivity index (χ0v) is 46.5. The number of rotatable bonds is 43. The van der Waals surface area contributed by atoms with Gasteiger partial charge in [-0.25, -0.2) is 0 Å². The Labute approximate surface area is 468 Å². The summed E-state index contributed by atoms with van der Waals surface area (Å²) in [5, 5.41) is 28.4. The van der Waals surface area contributed by atoms with Gasteiger partial charge in [-0.3, -0.25) is 14.5 Å². The molecular formula is C53H82N8O19. The molecule has 1 aliphatic rings. The maximum absolute atomic E-state index is 12.5. The van der Waals surface area contributed by atoms with Gasteiger partial charge in [0.1, 0.15) is 12.4 Å². The number of nitrogens with one attached hydrogen (secondary N) is 1. The first kappa shape index (κ1) is 70.4. The van der Waals surface area contributed by atoms with Crippen molar-refractivity contribution in [3.63, 3.8) is 0 Å². The molecule has 0 bridgehead atoms. The molecule has 27 nitrogen and oxygen atoms in total. The van der Waals surface area contributed by atoms with Crippen molar-refractivity contribution in [1.29, 1.82) is 0 Å². The molecule has 1 fully saturated rings. The lowest BCUT2D eigenvalue weighted by molar-refractivity contribution is -0.193. The summed E-state index contributed by atoms with van der Waals surface area (Å²) in [5.74, 6) is 0.763. The maximum Gasteiger partial charge on any atom is 0.373 e. The van der Waals surface area contributed by atoms with E-state index >= 15 is 0 Å². The van der Waals surface area contributed by atoms with E-state index in [0.29, 0.717) is 169 Å². The molecule has 2 aromatic carbocycles. The third kappa shape index (κ3) is 38.8. The second-order valence-corrected chi connectivity index (χ2v) is 17.3. The van der Waals surface area contributed by atoms with Crippen LogP contribution in [0.5, 0.6) is 5.75 Å². The number of carboxylic acids is 1. The van der Waals surface area contributed by atoms with Crippen LogP contribution in [-0.4, -0.2) is 276 Å². The van der Waals surface area contributed by atoms with Gasteiger partial charge in [0, 0.05) is 50.0 Å². The number of ether oxygens (including phenoxy) is 12. The molecule has 0 aliphatic carbocycles. The van der Waals surface area contributed by atoms with E-state index in [4.69, 9.17) is 76.0 Å². The first-order valence-electron chi connectivity index (χ1n) is 26.4. The van der Waals surface area contributed by atoms with Crippen LogP contribution in [0.25, 0.3) is 11.4 Å². The van der Waals surface area contributed by atoms with Crippen molar-refractivity contribution in [1.82, 2.24) is 35.1 Å². The van der Waals surface area contributed by atoms with Gasteiger partial charge in [0.2, 0.25) is 11.7 Å². The van der Waals surface area contributed by atoms with E-state index in [-0.39, 0.29) is 43.8 Å². The van der Waals surface area contributed by atoms with Crippen LogP contribution in [0.2, 0.25) is 0 Å². The Morgan fingerprint density at radius 1 is 0.525 bits per heavy atom. The lowest BCUT2D eigenvalue weighted by Gasteiger charge is -2.32. The van der Waals surface area contributed by atoms with E-state index in [1.54, 1.807) is 6.92 Å². The quantitative estimate of drug-likeness (QED) is 0.0742. The van der Waals surface area contributed by atoms with Gasteiger partial charge in [-0.1, -0.05) is 12.1 Å². The molecule has 1 atom stereocenters. The van der Waals surface area contributed by atoms with E-state index in [0.717, 1.165) is 49.5 Å². The van der Waals surface area contributed by atoms with Crippen LogP contribution >= 0.6 is 0 Å². The predicted molar refractivity (Wildman–Crippen MR) is 284 cm³/mol. The molecule has 1 saturated heterocycles. The van der Waals surface area contributed by atoms with Crippen molar-refractivity contribution in [3.8, 4) is 17.1 Å². The van der Waals surface area contributed by atoms with E-state index in [1.807, 2.05) is 48.5 Å². The molecule has 1 aliphatic heterocycles. The molecule has 2 heterocycles. The van der Waals surface area contributed by atoms with Gasteiger partial charge in [0.05, 0.1) is 158 Å². The summed E-state index contributed by atoms with van der Waals surface area (Å²) in [5.41, 5.74) is 2.62. The van der Waals surface area contributed by atoms with Gasteiger partial charge in [-0.05, 0) is 69.4 Å². The van der Waals surface area contributed by atoms with Crippen molar-refractivity contribution < 1.29 is 90.7 Å². The Balaban J connectivity index is 0.00000348. The van der Waals surface area contributed by atoms with Gasteiger partial charge in [0.25, 0.3) is 0 Å². The predicted octanol–water partition coefficient (Wildman–Crippen LogP) is 0.840. The molecule has 3 aromatic rings. The lowest BCUT2D eigenvalue weighted by Crippen LogP contribution is -2.47. The van der Waals surface area contributed by atoms with Crippen LogP contribution in [-0.2, 0) is 87.3 Å². The second kappa shape index (κ2) is 49.2. The number of benzene rings is 2. The average Bonchev–Trinajstić information content (AvgIpc) is 3.50. The number of amides is 1. The topological polar surface area (TPSA) is 307 Å². The van der Waals surface area contributed by atoms with Crippen LogP contribution in [0.3, 0.4) is 0 Å². The zero-order valence-electron chi connectivity index (χ0n) is 46.5. The minimum atomic E-state index is -0.820. The Hall–Kier alpha value is -5.68. The molecule has 448 valence electrons. The van der Waals surface area contributed by atoms with Crippen LogP contribution in [0.4, 0.5) is 5.69 Å². The van der Waals surface area contributed by atoms with Gasteiger partial charge >= 0.3 is 18.3 Å². The van der Waals surface area contributed by atoms with Crippen molar-refractivity contribution >= 4 is 29.9 Å². The summed E-state index contributed by atoms with van der Waals surface area (Å²) in [6.07, 6.45) is 1.45. The Morgan fingerprint density at radius 2 is 0.900 bits per heavy atom. The normalized spacial score (nSPS) is 14.0. The number of aliphatic carboxylic acids is 1. The Kier molecular flexibility index (Phi) is 43.3. The van der Waals surface area contributed by atoms with Gasteiger partial charge in [-0.15, -0.1) is 20.4 Å². The summed E-state index contributed by atoms with van der Waals surface area (Å²) >= 11 is 0. The fourth-order valence-corrected chi connectivity index (χ4v) is 7.08. The fourth-order valence-electron chi connectivity index (χ4n) is 7.08.